The molecule has 2 N–H and O–H groups in total. The predicted molar refractivity (Wildman–Crippen MR) is 121 cm³/mol. The molecule has 2 atom stereocenters. The van der Waals surface area contributed by atoms with E-state index < -0.39 is 23.8 Å². The SMILES string of the molecule is CCC(=N[C@@H](C)CCC[NH+](CC)CC)C1C(=O)NC(=O)N(c2ccc(OC)cc2)C1=O. The van der Waals surface area contributed by atoms with E-state index in [4.69, 9.17) is 9.73 Å². The highest BCUT2D eigenvalue weighted by Crippen LogP contribution is 2.25. The Kier molecular flexibility index (Phi) is 9.18. The van der Waals surface area contributed by atoms with E-state index in [0.717, 1.165) is 37.4 Å². The fraction of sp³-hybridized carbons (Fsp3) is 0.565. The van der Waals surface area contributed by atoms with E-state index in [1.165, 1.54) is 7.11 Å². The molecule has 31 heavy (non-hydrogen) atoms. The summed E-state index contributed by atoms with van der Waals surface area (Å²) < 4.78 is 5.13. The van der Waals surface area contributed by atoms with Gasteiger partial charge < -0.3 is 9.64 Å². The van der Waals surface area contributed by atoms with E-state index in [-0.39, 0.29) is 6.04 Å². The van der Waals surface area contributed by atoms with Gasteiger partial charge in [0.25, 0.3) is 5.91 Å². The summed E-state index contributed by atoms with van der Waals surface area (Å²) >= 11 is 0. The minimum absolute atomic E-state index is 0.00224. The minimum atomic E-state index is -1.10. The van der Waals surface area contributed by atoms with E-state index in [0.29, 0.717) is 23.6 Å². The Morgan fingerprint density at radius 1 is 1.16 bits per heavy atom. The maximum atomic E-state index is 13.2. The van der Waals surface area contributed by atoms with Crippen molar-refractivity contribution in [3.8, 4) is 5.75 Å². The number of imide groups is 2. The van der Waals surface area contributed by atoms with Gasteiger partial charge in [0.2, 0.25) is 5.91 Å². The van der Waals surface area contributed by atoms with Gasteiger partial charge in [0.1, 0.15) is 5.75 Å². The molecule has 1 aliphatic rings. The Hall–Kier alpha value is -2.74. The summed E-state index contributed by atoms with van der Waals surface area (Å²) in [4.78, 5) is 45.4. The van der Waals surface area contributed by atoms with Crippen molar-refractivity contribution in [2.75, 3.05) is 31.6 Å². The maximum Gasteiger partial charge on any atom is 0.335 e. The van der Waals surface area contributed by atoms with Gasteiger partial charge in [-0.15, -0.1) is 0 Å². The van der Waals surface area contributed by atoms with Gasteiger partial charge in [0, 0.05) is 11.8 Å². The predicted octanol–water partition coefficient (Wildman–Crippen LogP) is 1.84. The zero-order chi connectivity index (χ0) is 23.0. The Morgan fingerprint density at radius 3 is 2.35 bits per heavy atom. The van der Waals surface area contributed by atoms with E-state index in [2.05, 4.69) is 19.2 Å². The second kappa shape index (κ2) is 11.6. The van der Waals surface area contributed by atoms with Crippen molar-refractivity contribution >= 4 is 29.2 Å². The second-order valence-electron chi connectivity index (χ2n) is 7.77. The van der Waals surface area contributed by atoms with Gasteiger partial charge in [-0.1, -0.05) is 6.92 Å². The summed E-state index contributed by atoms with van der Waals surface area (Å²) in [7, 11) is 1.54. The molecule has 1 saturated heterocycles. The molecular weight excluding hydrogens is 396 g/mol. The van der Waals surface area contributed by atoms with Crippen molar-refractivity contribution in [2.45, 2.75) is 53.0 Å². The Labute approximate surface area is 184 Å². The number of hydrogen-bond acceptors (Lipinski definition) is 5. The molecule has 1 aliphatic heterocycles. The molecule has 8 heteroatoms. The molecule has 1 aromatic carbocycles. The molecule has 8 nitrogen and oxygen atoms in total. The number of quaternary nitrogens is 1. The van der Waals surface area contributed by atoms with Gasteiger partial charge in [-0.05, 0) is 64.3 Å². The monoisotopic (exact) mass is 431 g/mol. The van der Waals surface area contributed by atoms with Crippen LogP contribution in [-0.2, 0) is 9.59 Å². The number of anilines is 1. The third-order valence-electron chi connectivity index (χ3n) is 5.73. The number of benzene rings is 1. The molecule has 0 saturated carbocycles. The molecule has 170 valence electrons. The largest absolute Gasteiger partial charge is 0.497 e. The molecule has 0 radical (unpaired) electrons. The van der Waals surface area contributed by atoms with E-state index in [1.54, 1.807) is 29.2 Å². The number of amides is 4. The van der Waals surface area contributed by atoms with Crippen LogP contribution < -0.4 is 19.9 Å². The van der Waals surface area contributed by atoms with Crippen LogP contribution in [-0.4, -0.2) is 56.3 Å². The number of barbiturate groups is 1. The van der Waals surface area contributed by atoms with Crippen LogP contribution in [0.5, 0.6) is 5.75 Å². The third-order valence-corrected chi connectivity index (χ3v) is 5.73. The van der Waals surface area contributed by atoms with Crippen molar-refractivity contribution in [3.63, 3.8) is 0 Å². The third kappa shape index (κ3) is 6.13. The van der Waals surface area contributed by atoms with Gasteiger partial charge in [-0.3, -0.25) is 19.9 Å². The van der Waals surface area contributed by atoms with Crippen LogP contribution >= 0.6 is 0 Å². The maximum absolute atomic E-state index is 13.2. The number of methoxy groups -OCH3 is 1. The average molecular weight is 432 g/mol. The van der Waals surface area contributed by atoms with Crippen LogP contribution in [0.15, 0.2) is 29.3 Å². The first-order valence-corrected chi connectivity index (χ1v) is 11.1. The molecular formula is C23H35N4O4+. The molecule has 0 spiro atoms. The number of hydrogen-bond donors (Lipinski definition) is 2. The molecule has 1 heterocycles. The first-order chi connectivity index (χ1) is 14.9. The summed E-state index contributed by atoms with van der Waals surface area (Å²) in [5.41, 5.74) is 0.891. The fourth-order valence-corrected chi connectivity index (χ4v) is 3.81. The molecule has 1 fully saturated rings. The summed E-state index contributed by atoms with van der Waals surface area (Å²) in [6, 6.07) is 5.81. The highest BCUT2D eigenvalue weighted by atomic mass is 16.5. The Bertz CT molecular complexity index is 802. The number of carbonyl (C=O) groups is 3. The summed E-state index contributed by atoms with van der Waals surface area (Å²) in [5.74, 6) is -1.67. The molecule has 4 amide bonds. The lowest BCUT2D eigenvalue weighted by Gasteiger charge is -2.31. The van der Waals surface area contributed by atoms with Gasteiger partial charge in [-0.2, -0.15) is 0 Å². The van der Waals surface area contributed by atoms with Gasteiger partial charge in [0.05, 0.1) is 32.4 Å². The quantitative estimate of drug-likeness (QED) is 0.413. The molecule has 0 bridgehead atoms. The number of rotatable bonds is 11. The van der Waals surface area contributed by atoms with Crippen LogP contribution in [0.3, 0.4) is 0 Å². The van der Waals surface area contributed by atoms with Gasteiger partial charge >= 0.3 is 6.03 Å². The summed E-state index contributed by atoms with van der Waals surface area (Å²) in [5, 5.41) is 2.31. The number of aliphatic imine (C=N–C) groups is 1. The van der Waals surface area contributed by atoms with Crippen molar-refractivity contribution in [1.29, 1.82) is 0 Å². The first-order valence-electron chi connectivity index (χ1n) is 11.1. The lowest BCUT2D eigenvalue weighted by atomic mass is 9.95. The smallest absolute Gasteiger partial charge is 0.335 e. The Balaban J connectivity index is 2.18. The number of carbonyl (C=O) groups excluding carboxylic acids is 3. The van der Waals surface area contributed by atoms with E-state index in [9.17, 15) is 14.4 Å². The fourth-order valence-electron chi connectivity index (χ4n) is 3.81. The molecule has 0 aliphatic carbocycles. The van der Waals surface area contributed by atoms with Crippen LogP contribution in [0.2, 0.25) is 0 Å². The van der Waals surface area contributed by atoms with Crippen LogP contribution in [0.4, 0.5) is 10.5 Å². The highest BCUT2D eigenvalue weighted by Gasteiger charge is 2.43. The number of ether oxygens (including phenoxy) is 1. The second-order valence-corrected chi connectivity index (χ2v) is 7.77. The average Bonchev–Trinajstić information content (AvgIpc) is 2.76. The Morgan fingerprint density at radius 2 is 1.81 bits per heavy atom. The molecule has 0 aromatic heterocycles. The lowest BCUT2D eigenvalue weighted by molar-refractivity contribution is -0.896. The minimum Gasteiger partial charge on any atom is -0.497 e. The van der Waals surface area contributed by atoms with Crippen LogP contribution in [0.1, 0.15) is 47.0 Å². The topological polar surface area (TPSA) is 92.5 Å². The van der Waals surface area contributed by atoms with Crippen LogP contribution in [0, 0.1) is 5.92 Å². The summed E-state index contributed by atoms with van der Waals surface area (Å²) in [6.07, 6.45) is 2.37. The molecule has 1 unspecified atom stereocenters. The van der Waals surface area contributed by atoms with Gasteiger partial charge in [-0.25, -0.2) is 9.69 Å². The van der Waals surface area contributed by atoms with E-state index >= 15 is 0 Å². The normalized spacial score (nSPS) is 18.4. The number of nitrogens with zero attached hydrogens (tertiary/aromatic N) is 2. The number of urea groups is 1. The van der Waals surface area contributed by atoms with Crippen molar-refractivity contribution in [1.82, 2.24) is 5.32 Å². The first kappa shape index (κ1) is 24.5. The van der Waals surface area contributed by atoms with E-state index in [1.807, 2.05) is 13.8 Å². The molecule has 2 rings (SSSR count). The zero-order valence-electron chi connectivity index (χ0n) is 19.2. The summed E-state index contributed by atoms with van der Waals surface area (Å²) in [6.45, 7) is 11.5. The van der Waals surface area contributed by atoms with Crippen molar-refractivity contribution in [3.05, 3.63) is 24.3 Å². The number of nitrogens with one attached hydrogen (secondary N) is 2. The van der Waals surface area contributed by atoms with Crippen molar-refractivity contribution < 1.29 is 24.0 Å². The highest BCUT2D eigenvalue weighted by molar-refractivity contribution is 6.35. The van der Waals surface area contributed by atoms with Crippen molar-refractivity contribution in [2.24, 2.45) is 10.9 Å². The molecule has 1 aromatic rings. The zero-order valence-corrected chi connectivity index (χ0v) is 19.2. The lowest BCUT2D eigenvalue weighted by Crippen LogP contribution is -3.11. The van der Waals surface area contributed by atoms with Gasteiger partial charge in [0.15, 0.2) is 5.92 Å². The van der Waals surface area contributed by atoms with Crippen LogP contribution in [0.25, 0.3) is 0 Å². The standard InChI is InChI=1S/C23H34N4O4/c1-6-19(24-16(4)10-9-15-26(7-2)8-3)20-21(28)25-23(30)27(22(20)29)17-11-13-18(31-5)14-12-17/h11-14,16,20H,6-10,15H2,1-5H3,(H,25,28,30)/p+1/t16-,20?/m0/s1.